The summed E-state index contributed by atoms with van der Waals surface area (Å²) in [6, 6.07) is 15.8. The van der Waals surface area contributed by atoms with Crippen LogP contribution in [-0.2, 0) is 0 Å². The standard InChI is InChI=1S/C17H10N2OS/c1-20-14-4-5-16-12(7-14)2-3-13-8-15(21-17(13)16)6-11(9-18)10-19/h2-8H,1H3. The first kappa shape index (κ1) is 13.2. The first-order chi connectivity index (χ1) is 10.2. The van der Waals surface area contributed by atoms with Gasteiger partial charge in [-0.3, -0.25) is 0 Å². The van der Waals surface area contributed by atoms with Crippen LogP contribution in [0.2, 0.25) is 0 Å². The van der Waals surface area contributed by atoms with Crippen LogP contribution >= 0.6 is 11.3 Å². The molecular weight excluding hydrogens is 280 g/mol. The predicted molar refractivity (Wildman–Crippen MR) is 85.1 cm³/mol. The molecule has 0 aliphatic heterocycles. The Bertz CT molecular complexity index is 938. The third kappa shape index (κ3) is 2.33. The molecule has 100 valence electrons. The molecule has 21 heavy (non-hydrogen) atoms. The van der Waals surface area contributed by atoms with E-state index in [1.54, 1.807) is 24.5 Å². The van der Waals surface area contributed by atoms with Gasteiger partial charge in [-0.05, 0) is 46.5 Å². The van der Waals surface area contributed by atoms with E-state index in [2.05, 4.69) is 6.07 Å². The molecule has 0 saturated heterocycles. The molecule has 0 unspecified atom stereocenters. The van der Waals surface area contributed by atoms with E-state index in [-0.39, 0.29) is 5.57 Å². The van der Waals surface area contributed by atoms with Crippen molar-refractivity contribution in [2.24, 2.45) is 0 Å². The van der Waals surface area contributed by atoms with Gasteiger partial charge in [0.1, 0.15) is 23.5 Å². The summed E-state index contributed by atoms with van der Waals surface area (Å²) < 4.78 is 6.39. The minimum absolute atomic E-state index is 0.118. The Morgan fingerprint density at radius 1 is 1.10 bits per heavy atom. The van der Waals surface area contributed by atoms with Crippen LogP contribution in [0.25, 0.3) is 26.9 Å². The first-order valence-corrected chi connectivity index (χ1v) is 7.09. The monoisotopic (exact) mass is 290 g/mol. The van der Waals surface area contributed by atoms with Gasteiger partial charge < -0.3 is 4.74 Å². The van der Waals surface area contributed by atoms with E-state index in [1.807, 2.05) is 42.5 Å². The summed E-state index contributed by atoms with van der Waals surface area (Å²) in [4.78, 5) is 0.909. The normalized spacial score (nSPS) is 10.0. The summed E-state index contributed by atoms with van der Waals surface area (Å²) >= 11 is 1.58. The summed E-state index contributed by atoms with van der Waals surface area (Å²) in [5, 5.41) is 21.1. The molecule has 0 radical (unpaired) electrons. The highest BCUT2D eigenvalue weighted by Crippen LogP contribution is 2.34. The molecule has 3 aromatic rings. The number of methoxy groups -OCH3 is 1. The van der Waals surface area contributed by atoms with Gasteiger partial charge in [0.05, 0.1) is 7.11 Å². The van der Waals surface area contributed by atoms with E-state index in [1.165, 1.54) is 0 Å². The fraction of sp³-hybridized carbons (Fsp3) is 0.0588. The van der Waals surface area contributed by atoms with E-state index < -0.39 is 0 Å². The summed E-state index contributed by atoms with van der Waals surface area (Å²) in [5.41, 5.74) is 0.118. The van der Waals surface area contributed by atoms with Crippen molar-refractivity contribution in [1.82, 2.24) is 0 Å². The van der Waals surface area contributed by atoms with Gasteiger partial charge in [-0.25, -0.2) is 0 Å². The third-order valence-electron chi connectivity index (χ3n) is 3.25. The van der Waals surface area contributed by atoms with Crippen molar-refractivity contribution in [1.29, 1.82) is 10.5 Å². The summed E-state index contributed by atoms with van der Waals surface area (Å²) in [6.45, 7) is 0. The molecule has 0 spiro atoms. The van der Waals surface area contributed by atoms with Crippen LogP contribution in [0.4, 0.5) is 0 Å². The zero-order chi connectivity index (χ0) is 14.8. The topological polar surface area (TPSA) is 56.8 Å². The van der Waals surface area contributed by atoms with Gasteiger partial charge >= 0.3 is 0 Å². The number of thiophene rings is 1. The molecule has 1 aromatic heterocycles. The fourth-order valence-corrected chi connectivity index (χ4v) is 3.39. The zero-order valence-corrected chi connectivity index (χ0v) is 12.1. The molecule has 0 amide bonds. The zero-order valence-electron chi connectivity index (χ0n) is 11.3. The van der Waals surface area contributed by atoms with Gasteiger partial charge in [-0.1, -0.05) is 12.1 Å². The number of ether oxygens (including phenoxy) is 1. The van der Waals surface area contributed by atoms with Gasteiger partial charge in [-0.2, -0.15) is 10.5 Å². The van der Waals surface area contributed by atoms with Crippen molar-refractivity contribution in [2.75, 3.05) is 7.11 Å². The molecule has 0 atom stereocenters. The lowest BCUT2D eigenvalue weighted by Gasteiger charge is -2.03. The van der Waals surface area contributed by atoms with E-state index >= 15 is 0 Å². The molecule has 2 aromatic carbocycles. The minimum Gasteiger partial charge on any atom is -0.497 e. The van der Waals surface area contributed by atoms with Crippen LogP contribution in [0, 0.1) is 22.7 Å². The van der Waals surface area contributed by atoms with E-state index in [4.69, 9.17) is 15.3 Å². The average molecular weight is 290 g/mol. The van der Waals surface area contributed by atoms with Crippen LogP contribution in [0.1, 0.15) is 4.88 Å². The molecule has 3 nitrogen and oxygen atoms in total. The summed E-state index contributed by atoms with van der Waals surface area (Å²) in [6.07, 6.45) is 1.63. The highest BCUT2D eigenvalue weighted by atomic mass is 32.1. The predicted octanol–water partition coefficient (Wildman–Crippen LogP) is 4.49. The number of hydrogen-bond donors (Lipinski definition) is 0. The molecule has 0 fully saturated rings. The molecular formula is C17H10N2OS. The summed E-state index contributed by atoms with van der Waals surface area (Å²) in [5.74, 6) is 0.828. The number of rotatable bonds is 2. The van der Waals surface area contributed by atoms with Gasteiger partial charge in [-0.15, -0.1) is 11.3 Å². The maximum absolute atomic E-state index is 8.84. The van der Waals surface area contributed by atoms with Crippen LogP contribution in [-0.4, -0.2) is 7.11 Å². The van der Waals surface area contributed by atoms with Crippen molar-refractivity contribution >= 4 is 38.3 Å². The highest BCUT2D eigenvalue weighted by Gasteiger charge is 2.06. The molecule has 0 aliphatic carbocycles. The third-order valence-corrected chi connectivity index (χ3v) is 4.38. The average Bonchev–Trinajstić information content (AvgIpc) is 2.94. The lowest BCUT2D eigenvalue weighted by atomic mass is 10.1. The van der Waals surface area contributed by atoms with Crippen molar-refractivity contribution in [2.45, 2.75) is 0 Å². The second-order valence-corrected chi connectivity index (χ2v) is 5.59. The molecule has 0 saturated carbocycles. The maximum Gasteiger partial charge on any atom is 0.131 e. The molecule has 1 heterocycles. The highest BCUT2D eigenvalue weighted by molar-refractivity contribution is 7.20. The van der Waals surface area contributed by atoms with Crippen LogP contribution < -0.4 is 4.74 Å². The quantitative estimate of drug-likeness (QED) is 0.653. The number of nitrogens with zero attached hydrogens (tertiary/aromatic N) is 2. The Kier molecular flexibility index (Phi) is 3.31. The number of benzene rings is 2. The van der Waals surface area contributed by atoms with Gasteiger partial charge in [0.15, 0.2) is 0 Å². The Morgan fingerprint density at radius 3 is 2.57 bits per heavy atom. The maximum atomic E-state index is 8.84. The summed E-state index contributed by atoms with van der Waals surface area (Å²) in [7, 11) is 1.65. The van der Waals surface area contributed by atoms with Gasteiger partial charge in [0, 0.05) is 9.58 Å². The Hall–Kier alpha value is -2.82. The number of hydrogen-bond acceptors (Lipinski definition) is 4. The molecule has 4 heteroatoms. The van der Waals surface area contributed by atoms with Crippen LogP contribution in [0.15, 0.2) is 42.0 Å². The minimum atomic E-state index is 0.118. The fourth-order valence-electron chi connectivity index (χ4n) is 2.25. The number of nitriles is 2. The Labute approximate surface area is 125 Å². The van der Waals surface area contributed by atoms with Crippen molar-refractivity contribution in [3.8, 4) is 17.9 Å². The number of allylic oxidation sites excluding steroid dienone is 1. The van der Waals surface area contributed by atoms with Crippen molar-refractivity contribution < 1.29 is 4.74 Å². The molecule has 0 N–H and O–H groups in total. The lowest BCUT2D eigenvalue weighted by Crippen LogP contribution is -1.81. The van der Waals surface area contributed by atoms with Gasteiger partial charge in [0.25, 0.3) is 0 Å². The molecule has 0 aliphatic rings. The van der Waals surface area contributed by atoms with E-state index in [0.29, 0.717) is 0 Å². The first-order valence-electron chi connectivity index (χ1n) is 6.27. The van der Waals surface area contributed by atoms with Crippen LogP contribution in [0.3, 0.4) is 0 Å². The lowest BCUT2D eigenvalue weighted by molar-refractivity contribution is 0.415. The largest absolute Gasteiger partial charge is 0.497 e. The van der Waals surface area contributed by atoms with E-state index in [0.717, 1.165) is 31.5 Å². The van der Waals surface area contributed by atoms with Crippen molar-refractivity contribution in [3.05, 3.63) is 46.8 Å². The van der Waals surface area contributed by atoms with Gasteiger partial charge in [0.2, 0.25) is 0 Å². The Morgan fingerprint density at radius 2 is 1.86 bits per heavy atom. The van der Waals surface area contributed by atoms with Crippen LogP contribution in [0.5, 0.6) is 5.75 Å². The molecule has 0 bridgehead atoms. The van der Waals surface area contributed by atoms with E-state index in [9.17, 15) is 0 Å². The second-order valence-electron chi connectivity index (χ2n) is 4.50. The second kappa shape index (κ2) is 5.28. The molecule has 3 rings (SSSR count). The SMILES string of the molecule is COc1ccc2c(ccc3cc(C=C(C#N)C#N)sc32)c1. The Balaban J connectivity index is 2.23. The van der Waals surface area contributed by atoms with Crippen molar-refractivity contribution in [3.63, 3.8) is 0 Å². The smallest absolute Gasteiger partial charge is 0.131 e. The number of fused-ring (bicyclic) bond motifs is 3.